The van der Waals surface area contributed by atoms with Gasteiger partial charge >= 0.3 is 5.97 Å². The van der Waals surface area contributed by atoms with Crippen LogP contribution in [0, 0.1) is 11.3 Å². The Morgan fingerprint density at radius 1 is 1.08 bits per heavy atom. The molecule has 7 rings (SSSR count). The molecule has 2 fully saturated rings. The average Bonchev–Trinajstić information content (AvgIpc) is 3.56. The second-order valence-electron chi connectivity index (χ2n) is 18.3. The molecular weight excluding hydrogens is 803 g/mol. The number of morpholine rings is 1. The molecule has 3 aliphatic rings. The van der Waals surface area contributed by atoms with E-state index in [2.05, 4.69) is 53.2 Å². The molecule has 15 heteroatoms. The second-order valence-corrected chi connectivity index (χ2v) is 18.3. The predicted octanol–water partition coefficient (Wildman–Crippen LogP) is 4.71. The van der Waals surface area contributed by atoms with Crippen molar-refractivity contribution in [1.82, 2.24) is 35.1 Å². The predicted molar refractivity (Wildman–Crippen MR) is 239 cm³/mol. The molecule has 0 aliphatic carbocycles. The van der Waals surface area contributed by atoms with E-state index in [-0.39, 0.29) is 37.1 Å². The van der Waals surface area contributed by atoms with Crippen molar-refractivity contribution in [2.45, 2.75) is 91.6 Å². The number of pyridine rings is 1. The third kappa shape index (κ3) is 10.2. The van der Waals surface area contributed by atoms with Crippen LogP contribution in [0.15, 0.2) is 54.9 Å². The number of aromatic hydroxyl groups is 1. The van der Waals surface area contributed by atoms with Gasteiger partial charge in [0.1, 0.15) is 23.9 Å². The van der Waals surface area contributed by atoms with Gasteiger partial charge in [-0.1, -0.05) is 39.8 Å². The number of ether oxygens (including phenoxy) is 3. The van der Waals surface area contributed by atoms with Gasteiger partial charge in [-0.25, -0.2) is 5.43 Å². The van der Waals surface area contributed by atoms with Crippen LogP contribution < -0.4 is 10.7 Å². The Balaban J connectivity index is 1.31. The summed E-state index contributed by atoms with van der Waals surface area (Å²) in [5, 5.41) is 16.7. The molecular formula is C48H63N7O8. The van der Waals surface area contributed by atoms with Gasteiger partial charge in [0.25, 0.3) is 5.91 Å². The number of aryl methyl sites for hydroxylation is 1. The Hall–Kier alpha value is -5.35. The van der Waals surface area contributed by atoms with Crippen molar-refractivity contribution in [3.8, 4) is 28.1 Å². The number of hydrazine groups is 1. The number of rotatable bonds is 10. The number of fused-ring (bicyclic) bond motifs is 6. The first-order chi connectivity index (χ1) is 30.2. The lowest BCUT2D eigenvalue weighted by atomic mass is 9.84. The molecule has 2 saturated heterocycles. The monoisotopic (exact) mass is 865 g/mol. The van der Waals surface area contributed by atoms with Crippen molar-refractivity contribution in [3.05, 3.63) is 71.5 Å². The molecule has 5 heterocycles. The lowest BCUT2D eigenvalue weighted by Gasteiger charge is -2.37. The first kappa shape index (κ1) is 45.7. The molecule has 15 nitrogen and oxygen atoms in total. The summed E-state index contributed by atoms with van der Waals surface area (Å²) in [7, 11) is 3.30. The third-order valence-electron chi connectivity index (χ3n) is 12.5. The second kappa shape index (κ2) is 19.6. The van der Waals surface area contributed by atoms with Gasteiger partial charge in [0.2, 0.25) is 11.8 Å². The number of cyclic esters (lactones) is 1. The number of phenols is 1. The van der Waals surface area contributed by atoms with Crippen LogP contribution in [0.2, 0.25) is 0 Å². The smallest absolute Gasteiger partial charge is 0.324 e. The van der Waals surface area contributed by atoms with Crippen LogP contribution in [0.1, 0.15) is 64.2 Å². The van der Waals surface area contributed by atoms with Crippen LogP contribution in [0.3, 0.4) is 0 Å². The minimum absolute atomic E-state index is 0.00896. The summed E-state index contributed by atoms with van der Waals surface area (Å²) in [5.41, 5.74) is 9.88. The van der Waals surface area contributed by atoms with Crippen LogP contribution >= 0.6 is 0 Å². The number of esters is 1. The number of nitrogens with zero attached hydrogens (tertiary/aromatic N) is 5. The summed E-state index contributed by atoms with van der Waals surface area (Å²) in [4.78, 5) is 64.5. The number of hydrogen-bond acceptors (Lipinski definition) is 11. The summed E-state index contributed by atoms with van der Waals surface area (Å²) >= 11 is 0. The third-order valence-corrected chi connectivity index (χ3v) is 12.5. The summed E-state index contributed by atoms with van der Waals surface area (Å²) in [5.74, 6) is -1.87. The Morgan fingerprint density at radius 3 is 2.59 bits per heavy atom. The van der Waals surface area contributed by atoms with Crippen molar-refractivity contribution < 1.29 is 38.5 Å². The lowest BCUT2D eigenvalue weighted by Crippen LogP contribution is -2.62. The lowest BCUT2D eigenvalue weighted by molar-refractivity contribution is -0.155. The quantitative estimate of drug-likeness (QED) is 0.189. The SMILES string of the molecule is CCn1c(-c2cnccc2COC)c2c3cc(ccc31)-c1cc(O)cc(c1)C[C@H](NC(=O)[C@H](C(C)C)N(C)C(=O)CN1CCOCC1)C(=O)N1CCC[C@H](N1)C(=O)OCC(C)(C)C2. The molecule has 2 aromatic carbocycles. The van der Waals surface area contributed by atoms with Crippen molar-refractivity contribution >= 4 is 34.6 Å². The van der Waals surface area contributed by atoms with E-state index in [1.165, 1.54) is 9.91 Å². The van der Waals surface area contributed by atoms with Crippen molar-refractivity contribution in [3.63, 3.8) is 0 Å². The van der Waals surface area contributed by atoms with Gasteiger partial charge in [-0.2, -0.15) is 0 Å². The van der Waals surface area contributed by atoms with E-state index in [1.54, 1.807) is 32.5 Å². The molecule has 3 atom stereocenters. The highest BCUT2D eigenvalue weighted by Crippen LogP contribution is 2.41. The highest BCUT2D eigenvalue weighted by Gasteiger charge is 2.38. The van der Waals surface area contributed by atoms with Gasteiger partial charge in [0, 0.05) is 81.0 Å². The number of aromatic nitrogens is 2. The molecule has 0 unspecified atom stereocenters. The normalized spacial score (nSPS) is 20.3. The minimum Gasteiger partial charge on any atom is -0.508 e. The number of phenolic OH excluding ortho intramolecular Hbond substituents is 1. The number of benzene rings is 2. The summed E-state index contributed by atoms with van der Waals surface area (Å²) < 4.78 is 19.5. The van der Waals surface area contributed by atoms with Crippen LogP contribution in [-0.2, 0) is 59.4 Å². The Labute approximate surface area is 370 Å². The molecule has 63 heavy (non-hydrogen) atoms. The number of nitrogens with one attached hydrogen (secondary N) is 2. The van der Waals surface area contributed by atoms with Gasteiger partial charge in [-0.15, -0.1) is 0 Å². The Morgan fingerprint density at radius 2 is 1.86 bits per heavy atom. The fourth-order valence-electron chi connectivity index (χ4n) is 9.33. The standard InChI is InChI=1S/C48H63N7O8/c1-8-54-41-12-11-32-24-36(41)37(44(54)38-26-49-14-13-33(38)28-61-7)25-48(4,5)29-63-47(60)39-10-9-15-55(51-39)46(59)40(22-31-20-34(32)23-35(56)21-31)50-45(58)43(30(2)3)52(6)42(57)27-53-16-18-62-19-17-53/h11-14,20-21,23-24,26,30,39-40,43,51,56H,8-10,15-19,22,25,27-29H2,1-7H3,(H,50,58)/t39-,40-,43-/m0/s1. The van der Waals surface area contributed by atoms with Gasteiger partial charge < -0.3 is 34.1 Å². The fraction of sp³-hybridized carbons (Fsp3) is 0.521. The molecule has 3 N–H and O–H groups in total. The Bertz CT molecular complexity index is 2320. The summed E-state index contributed by atoms with van der Waals surface area (Å²) in [6.45, 7) is 14.0. The van der Waals surface area contributed by atoms with E-state index in [0.717, 1.165) is 44.4 Å². The number of methoxy groups -OCH3 is 1. The highest BCUT2D eigenvalue weighted by molar-refractivity contribution is 5.96. The molecule has 0 saturated carbocycles. The van der Waals surface area contributed by atoms with Gasteiger partial charge in [0.05, 0.1) is 38.7 Å². The molecule has 338 valence electrons. The van der Waals surface area contributed by atoms with Crippen molar-refractivity contribution in [1.29, 1.82) is 0 Å². The average molecular weight is 866 g/mol. The molecule has 3 amide bonds. The largest absolute Gasteiger partial charge is 0.508 e. The number of amides is 3. The number of carbonyl (C=O) groups excluding carboxylic acids is 4. The van der Waals surface area contributed by atoms with E-state index >= 15 is 0 Å². The van der Waals surface area contributed by atoms with Crippen molar-refractivity contribution in [2.75, 3.05) is 60.2 Å². The topological polar surface area (TPSA) is 168 Å². The summed E-state index contributed by atoms with van der Waals surface area (Å²) in [6.07, 6.45) is 5.23. The highest BCUT2D eigenvalue weighted by atomic mass is 16.5. The maximum absolute atomic E-state index is 14.6. The minimum atomic E-state index is -1.12. The zero-order valence-electron chi connectivity index (χ0n) is 37.7. The van der Waals surface area contributed by atoms with Gasteiger partial charge in [0.15, 0.2) is 0 Å². The molecule has 0 radical (unpaired) electrons. The van der Waals surface area contributed by atoms with Crippen LogP contribution in [0.25, 0.3) is 33.3 Å². The maximum atomic E-state index is 14.6. The zero-order valence-corrected chi connectivity index (χ0v) is 37.7. The molecule has 0 spiro atoms. The number of hydrogen-bond donors (Lipinski definition) is 3. The summed E-state index contributed by atoms with van der Waals surface area (Å²) in [6, 6.07) is 10.7. The first-order valence-electron chi connectivity index (χ1n) is 22.2. The zero-order chi connectivity index (χ0) is 45.0. The van der Waals surface area contributed by atoms with Crippen LogP contribution in [-0.4, -0.2) is 131 Å². The van der Waals surface area contributed by atoms with E-state index in [4.69, 9.17) is 14.2 Å². The fourth-order valence-corrected chi connectivity index (χ4v) is 9.33. The number of carbonyl (C=O) groups is 4. The van der Waals surface area contributed by atoms with Crippen molar-refractivity contribution in [2.24, 2.45) is 11.3 Å². The van der Waals surface area contributed by atoms with E-state index < -0.39 is 41.3 Å². The van der Waals surface area contributed by atoms with E-state index in [1.807, 2.05) is 43.1 Å². The van der Waals surface area contributed by atoms with E-state index in [0.29, 0.717) is 70.8 Å². The molecule has 3 aliphatic heterocycles. The Kier molecular flexibility index (Phi) is 14.2. The van der Waals surface area contributed by atoms with Gasteiger partial charge in [-0.05, 0) is 90.3 Å². The maximum Gasteiger partial charge on any atom is 0.324 e. The first-order valence-corrected chi connectivity index (χ1v) is 22.2. The van der Waals surface area contributed by atoms with Gasteiger partial charge in [-0.3, -0.25) is 34.1 Å². The molecule has 6 bridgehead atoms. The van der Waals surface area contributed by atoms with Crippen LogP contribution in [0.5, 0.6) is 5.75 Å². The molecule has 4 aromatic rings. The number of likely N-dealkylation sites (N-methyl/N-ethyl adjacent to an activating group) is 1. The molecule has 2 aromatic heterocycles. The van der Waals surface area contributed by atoms with E-state index in [9.17, 15) is 24.3 Å². The van der Waals surface area contributed by atoms with Crippen LogP contribution in [0.4, 0.5) is 0 Å².